The van der Waals surface area contributed by atoms with Crippen LogP contribution in [0.3, 0.4) is 0 Å². The summed E-state index contributed by atoms with van der Waals surface area (Å²) in [6.45, 7) is 0. The molecule has 0 saturated carbocycles. The standard InChI is InChI=1S/C15H8ClF2N3O2/c16-9-3-1-8(2-4-9)14-20-21-15(23-14)13(22)19-12-6-5-10(17)7-11(12)18/h1-7H,(H,19,22). The minimum absolute atomic E-state index is 0.117. The fourth-order valence-corrected chi connectivity index (χ4v) is 1.92. The second-order valence-electron chi connectivity index (χ2n) is 4.50. The normalized spacial score (nSPS) is 10.6. The van der Waals surface area contributed by atoms with Gasteiger partial charge in [-0.1, -0.05) is 11.6 Å². The molecule has 0 aliphatic rings. The van der Waals surface area contributed by atoms with E-state index >= 15 is 0 Å². The number of aromatic nitrogens is 2. The maximum Gasteiger partial charge on any atom is 0.313 e. The van der Waals surface area contributed by atoms with Crippen molar-refractivity contribution < 1.29 is 18.0 Å². The quantitative estimate of drug-likeness (QED) is 0.787. The molecule has 5 nitrogen and oxygen atoms in total. The van der Waals surface area contributed by atoms with Gasteiger partial charge in [-0.25, -0.2) is 8.78 Å². The lowest BCUT2D eigenvalue weighted by atomic mass is 10.2. The Morgan fingerprint density at radius 3 is 2.52 bits per heavy atom. The number of carbonyl (C=O) groups excluding carboxylic acids is 1. The zero-order chi connectivity index (χ0) is 16.4. The molecule has 0 spiro atoms. The molecule has 3 rings (SSSR count). The molecule has 0 radical (unpaired) electrons. The highest BCUT2D eigenvalue weighted by molar-refractivity contribution is 6.30. The van der Waals surface area contributed by atoms with Crippen molar-refractivity contribution in [1.29, 1.82) is 0 Å². The van der Waals surface area contributed by atoms with Gasteiger partial charge in [-0.15, -0.1) is 10.2 Å². The summed E-state index contributed by atoms with van der Waals surface area (Å²) in [6.07, 6.45) is 0. The van der Waals surface area contributed by atoms with Crippen LogP contribution in [0, 0.1) is 11.6 Å². The van der Waals surface area contributed by atoms with Gasteiger partial charge in [0.15, 0.2) is 0 Å². The van der Waals surface area contributed by atoms with Gasteiger partial charge in [0.1, 0.15) is 11.6 Å². The van der Waals surface area contributed by atoms with Crippen LogP contribution in [0.2, 0.25) is 5.02 Å². The van der Waals surface area contributed by atoms with E-state index in [1.165, 1.54) is 0 Å². The number of nitrogens with one attached hydrogen (secondary N) is 1. The number of carbonyl (C=O) groups is 1. The van der Waals surface area contributed by atoms with Crippen molar-refractivity contribution in [3.8, 4) is 11.5 Å². The highest BCUT2D eigenvalue weighted by Crippen LogP contribution is 2.21. The van der Waals surface area contributed by atoms with Crippen LogP contribution in [0.25, 0.3) is 11.5 Å². The van der Waals surface area contributed by atoms with Crippen molar-refractivity contribution >= 4 is 23.2 Å². The summed E-state index contributed by atoms with van der Waals surface area (Å²) < 4.78 is 31.6. The number of benzene rings is 2. The van der Waals surface area contributed by atoms with Gasteiger partial charge in [0, 0.05) is 16.7 Å². The number of hydrogen-bond donors (Lipinski definition) is 1. The molecule has 1 amide bonds. The topological polar surface area (TPSA) is 68.0 Å². The molecule has 0 atom stereocenters. The van der Waals surface area contributed by atoms with Gasteiger partial charge in [0.25, 0.3) is 0 Å². The highest BCUT2D eigenvalue weighted by atomic mass is 35.5. The Labute approximate surface area is 133 Å². The van der Waals surface area contributed by atoms with Gasteiger partial charge >= 0.3 is 11.8 Å². The maximum atomic E-state index is 13.5. The summed E-state index contributed by atoms with van der Waals surface area (Å²) in [6, 6.07) is 9.34. The number of hydrogen-bond acceptors (Lipinski definition) is 4. The second-order valence-corrected chi connectivity index (χ2v) is 4.93. The van der Waals surface area contributed by atoms with Crippen molar-refractivity contribution in [2.24, 2.45) is 0 Å². The van der Waals surface area contributed by atoms with E-state index in [0.29, 0.717) is 16.7 Å². The SMILES string of the molecule is O=C(Nc1ccc(F)cc1F)c1nnc(-c2ccc(Cl)cc2)o1. The van der Waals surface area contributed by atoms with Crippen LogP contribution in [0.4, 0.5) is 14.5 Å². The molecule has 1 heterocycles. The largest absolute Gasteiger partial charge is 0.412 e. The second kappa shape index (κ2) is 6.13. The molecular weight excluding hydrogens is 328 g/mol. The first-order chi connectivity index (χ1) is 11.0. The third-order valence-corrected chi connectivity index (χ3v) is 3.14. The smallest absolute Gasteiger partial charge is 0.313 e. The van der Waals surface area contributed by atoms with E-state index in [0.717, 1.165) is 12.1 Å². The summed E-state index contributed by atoms with van der Waals surface area (Å²) in [4.78, 5) is 12.0. The van der Waals surface area contributed by atoms with E-state index < -0.39 is 17.5 Å². The van der Waals surface area contributed by atoms with Crippen molar-refractivity contribution in [3.63, 3.8) is 0 Å². The summed E-state index contributed by atoms with van der Waals surface area (Å²) in [5.41, 5.74) is 0.386. The third-order valence-electron chi connectivity index (χ3n) is 2.89. The van der Waals surface area contributed by atoms with Crippen LogP contribution < -0.4 is 5.32 Å². The van der Waals surface area contributed by atoms with Crippen LogP contribution in [0.5, 0.6) is 0 Å². The van der Waals surface area contributed by atoms with Gasteiger partial charge in [0.2, 0.25) is 5.89 Å². The third kappa shape index (κ3) is 3.35. The molecular formula is C15H8ClF2N3O2. The minimum Gasteiger partial charge on any atom is -0.412 e. The lowest BCUT2D eigenvalue weighted by Crippen LogP contribution is -2.13. The van der Waals surface area contributed by atoms with Crippen LogP contribution >= 0.6 is 11.6 Å². The predicted octanol–water partition coefficient (Wildman–Crippen LogP) is 3.92. The van der Waals surface area contributed by atoms with Crippen molar-refractivity contribution in [2.75, 3.05) is 5.32 Å². The monoisotopic (exact) mass is 335 g/mol. The van der Waals surface area contributed by atoms with Gasteiger partial charge < -0.3 is 9.73 Å². The summed E-state index contributed by atoms with van der Waals surface area (Å²) >= 11 is 5.78. The number of rotatable bonds is 3. The molecule has 0 unspecified atom stereocenters. The zero-order valence-electron chi connectivity index (χ0n) is 11.4. The lowest BCUT2D eigenvalue weighted by Gasteiger charge is -2.03. The molecule has 116 valence electrons. The summed E-state index contributed by atoms with van der Waals surface area (Å²) in [5.74, 6) is -2.69. The van der Waals surface area contributed by atoms with E-state index in [4.69, 9.17) is 16.0 Å². The summed E-state index contributed by atoms with van der Waals surface area (Å²) in [7, 11) is 0. The highest BCUT2D eigenvalue weighted by Gasteiger charge is 2.17. The van der Waals surface area contributed by atoms with Gasteiger partial charge in [-0.3, -0.25) is 4.79 Å². The Hall–Kier alpha value is -2.80. The van der Waals surface area contributed by atoms with E-state index in [1.807, 2.05) is 0 Å². The van der Waals surface area contributed by atoms with Crippen LogP contribution in [0.15, 0.2) is 46.9 Å². The Morgan fingerprint density at radius 2 is 1.83 bits per heavy atom. The van der Waals surface area contributed by atoms with Crippen LogP contribution in [0.1, 0.15) is 10.7 Å². The molecule has 1 N–H and O–H groups in total. The first-order valence-corrected chi connectivity index (χ1v) is 6.76. The van der Waals surface area contributed by atoms with Crippen LogP contribution in [-0.4, -0.2) is 16.1 Å². The molecule has 2 aromatic carbocycles. The molecule has 0 aliphatic carbocycles. The summed E-state index contributed by atoms with van der Waals surface area (Å²) in [5, 5.41) is 10.1. The van der Waals surface area contributed by atoms with Crippen molar-refractivity contribution in [1.82, 2.24) is 10.2 Å². The molecule has 0 aliphatic heterocycles. The molecule has 0 bridgehead atoms. The van der Waals surface area contributed by atoms with E-state index in [1.54, 1.807) is 24.3 Å². The van der Waals surface area contributed by atoms with E-state index in [2.05, 4.69) is 15.5 Å². The van der Waals surface area contributed by atoms with Gasteiger partial charge in [-0.2, -0.15) is 0 Å². The number of nitrogens with zero attached hydrogens (tertiary/aromatic N) is 2. The fourth-order valence-electron chi connectivity index (χ4n) is 1.79. The van der Waals surface area contributed by atoms with Gasteiger partial charge in [0.05, 0.1) is 5.69 Å². The Kier molecular flexibility index (Phi) is 4.03. The molecule has 23 heavy (non-hydrogen) atoms. The maximum absolute atomic E-state index is 13.5. The molecule has 3 aromatic rings. The first-order valence-electron chi connectivity index (χ1n) is 6.39. The van der Waals surface area contributed by atoms with E-state index in [-0.39, 0.29) is 17.5 Å². The first kappa shape index (κ1) is 15.1. The van der Waals surface area contributed by atoms with Crippen molar-refractivity contribution in [3.05, 3.63) is 65.0 Å². The molecule has 0 saturated heterocycles. The Balaban J connectivity index is 1.79. The van der Waals surface area contributed by atoms with Gasteiger partial charge in [-0.05, 0) is 36.4 Å². The zero-order valence-corrected chi connectivity index (χ0v) is 12.1. The number of anilines is 1. The Bertz CT molecular complexity index is 865. The predicted molar refractivity (Wildman–Crippen MR) is 79.1 cm³/mol. The van der Waals surface area contributed by atoms with E-state index in [9.17, 15) is 13.6 Å². The Morgan fingerprint density at radius 1 is 1.09 bits per heavy atom. The average molecular weight is 336 g/mol. The number of halogens is 3. The lowest BCUT2D eigenvalue weighted by molar-refractivity contribution is 0.0990. The molecule has 8 heteroatoms. The average Bonchev–Trinajstić information content (AvgIpc) is 3.01. The minimum atomic E-state index is -0.907. The van der Waals surface area contributed by atoms with Crippen LogP contribution in [-0.2, 0) is 0 Å². The number of amides is 1. The molecule has 0 fully saturated rings. The molecule has 1 aromatic heterocycles. The van der Waals surface area contributed by atoms with Crippen molar-refractivity contribution in [2.45, 2.75) is 0 Å². The fraction of sp³-hybridized carbons (Fsp3) is 0.